The lowest BCUT2D eigenvalue weighted by atomic mass is 9.44. The fourth-order valence-electron chi connectivity index (χ4n) is 9.18. The number of hydrogen-bond donors (Lipinski definition) is 0. The molecule has 0 unspecified atom stereocenters. The molecular weight excluding hydrogens is 336 g/mol. The van der Waals surface area contributed by atoms with Gasteiger partial charge in [0, 0.05) is 0 Å². The van der Waals surface area contributed by atoms with Gasteiger partial charge < -0.3 is 0 Å². The molecule has 0 bridgehead atoms. The van der Waals surface area contributed by atoms with Gasteiger partial charge in [0.25, 0.3) is 0 Å². The van der Waals surface area contributed by atoms with Gasteiger partial charge in [-0.1, -0.05) is 66.0 Å². The fraction of sp³-hybridized carbons (Fsp3) is 0.929. The quantitative estimate of drug-likeness (QED) is 0.416. The summed E-state index contributed by atoms with van der Waals surface area (Å²) in [5, 5.41) is 0. The first kappa shape index (κ1) is 21.0. The molecule has 0 N–H and O–H groups in total. The van der Waals surface area contributed by atoms with Crippen molar-refractivity contribution in [3.8, 4) is 0 Å². The van der Waals surface area contributed by atoms with Gasteiger partial charge in [-0.25, -0.2) is 0 Å². The van der Waals surface area contributed by atoms with Crippen molar-refractivity contribution in [2.45, 2.75) is 112 Å². The molecule has 0 saturated heterocycles. The van der Waals surface area contributed by atoms with Gasteiger partial charge >= 0.3 is 0 Å². The Bertz CT molecular complexity index is 573. The Kier molecular flexibility index (Phi) is 5.83. The predicted octanol–water partition coefficient (Wildman–Crippen LogP) is 8.66. The second-order valence-corrected chi connectivity index (χ2v) is 12.6. The van der Waals surface area contributed by atoms with E-state index in [-0.39, 0.29) is 0 Å². The first-order valence-electron chi connectivity index (χ1n) is 12.9. The van der Waals surface area contributed by atoms with Crippen LogP contribution in [-0.2, 0) is 0 Å². The summed E-state index contributed by atoms with van der Waals surface area (Å²) in [6.45, 7) is 17.2. The first-order valence-corrected chi connectivity index (χ1v) is 12.9. The van der Waals surface area contributed by atoms with Crippen LogP contribution in [0.1, 0.15) is 112 Å². The van der Waals surface area contributed by atoms with Crippen LogP contribution < -0.4 is 0 Å². The maximum atomic E-state index is 4.37. The molecule has 0 radical (unpaired) electrons. The predicted molar refractivity (Wildman–Crippen MR) is 122 cm³/mol. The van der Waals surface area contributed by atoms with Crippen LogP contribution in [0.2, 0.25) is 0 Å². The van der Waals surface area contributed by atoms with Crippen molar-refractivity contribution in [2.75, 3.05) is 0 Å². The summed E-state index contributed by atoms with van der Waals surface area (Å²) >= 11 is 0. The van der Waals surface area contributed by atoms with Crippen LogP contribution in [0.4, 0.5) is 0 Å². The third kappa shape index (κ3) is 3.43. The average molecular weight is 385 g/mol. The van der Waals surface area contributed by atoms with Crippen molar-refractivity contribution in [3.63, 3.8) is 0 Å². The molecule has 0 nitrogen and oxygen atoms in total. The molecular formula is C28H48. The molecule has 0 spiro atoms. The van der Waals surface area contributed by atoms with Crippen molar-refractivity contribution in [1.29, 1.82) is 0 Å². The van der Waals surface area contributed by atoms with Gasteiger partial charge in [-0.15, -0.1) is 0 Å². The zero-order valence-corrected chi connectivity index (χ0v) is 19.7. The molecule has 0 aromatic heterocycles. The number of allylic oxidation sites excluding steroid dienone is 1. The molecule has 160 valence electrons. The maximum Gasteiger partial charge on any atom is -0.0260 e. The van der Waals surface area contributed by atoms with E-state index in [1.165, 1.54) is 70.6 Å². The first-order chi connectivity index (χ1) is 13.3. The molecule has 4 aliphatic carbocycles. The van der Waals surface area contributed by atoms with Crippen LogP contribution in [0, 0.1) is 52.3 Å². The molecule has 4 saturated carbocycles. The summed E-state index contributed by atoms with van der Waals surface area (Å²) in [5.74, 6) is 6.86. The summed E-state index contributed by atoms with van der Waals surface area (Å²) < 4.78 is 0. The second-order valence-electron chi connectivity index (χ2n) is 12.6. The van der Waals surface area contributed by atoms with Gasteiger partial charge in [0.05, 0.1) is 0 Å². The standard InChI is InChI=1S/C28H48/c1-19(2)8-7-9-21(4)24-12-13-25-23-11-10-22-18-20(3)14-16-27(22,5)26(23)15-17-28(24,25)6/h19,21-26H,3,7-18H2,1-2,4-6H3/t21-,22+,23-,24-,25-,26-,27+,28+/m1/s1. The van der Waals surface area contributed by atoms with Gasteiger partial charge in [-0.2, -0.15) is 0 Å². The molecule has 0 aromatic carbocycles. The van der Waals surface area contributed by atoms with Crippen molar-refractivity contribution in [3.05, 3.63) is 12.2 Å². The largest absolute Gasteiger partial charge is 0.0999 e. The molecule has 4 aliphatic rings. The van der Waals surface area contributed by atoms with Gasteiger partial charge in [-0.05, 0) is 110 Å². The zero-order valence-electron chi connectivity index (χ0n) is 19.7. The van der Waals surface area contributed by atoms with Crippen molar-refractivity contribution in [2.24, 2.45) is 52.3 Å². The zero-order chi connectivity index (χ0) is 20.1. The molecule has 4 rings (SSSR count). The highest BCUT2D eigenvalue weighted by molar-refractivity contribution is 5.13. The Morgan fingerprint density at radius 3 is 2.39 bits per heavy atom. The highest BCUT2D eigenvalue weighted by Gasteiger charge is 2.60. The van der Waals surface area contributed by atoms with E-state index in [0.717, 1.165) is 41.4 Å². The van der Waals surface area contributed by atoms with Crippen LogP contribution in [0.25, 0.3) is 0 Å². The summed E-state index contributed by atoms with van der Waals surface area (Å²) in [7, 11) is 0. The minimum atomic E-state index is 0.631. The van der Waals surface area contributed by atoms with E-state index in [2.05, 4.69) is 41.2 Å². The minimum absolute atomic E-state index is 0.631. The number of fused-ring (bicyclic) bond motifs is 5. The lowest BCUT2D eigenvalue weighted by Gasteiger charge is -2.61. The monoisotopic (exact) mass is 384 g/mol. The van der Waals surface area contributed by atoms with E-state index in [1.807, 2.05) is 0 Å². The number of rotatable bonds is 5. The summed E-state index contributed by atoms with van der Waals surface area (Å²) in [5.41, 5.74) is 2.84. The van der Waals surface area contributed by atoms with Crippen LogP contribution in [0.15, 0.2) is 12.2 Å². The molecule has 0 amide bonds. The van der Waals surface area contributed by atoms with Gasteiger partial charge in [-0.3, -0.25) is 0 Å². The Balaban J connectivity index is 1.47. The Hall–Kier alpha value is -0.260. The smallest absolute Gasteiger partial charge is 0.0260 e. The summed E-state index contributed by atoms with van der Waals surface area (Å²) in [6, 6.07) is 0. The lowest BCUT2D eigenvalue weighted by molar-refractivity contribution is -0.109. The highest BCUT2D eigenvalue weighted by atomic mass is 14.6. The van der Waals surface area contributed by atoms with Crippen LogP contribution in [0.3, 0.4) is 0 Å². The summed E-state index contributed by atoms with van der Waals surface area (Å²) in [4.78, 5) is 0. The molecule has 4 fully saturated rings. The van der Waals surface area contributed by atoms with E-state index >= 15 is 0 Å². The molecule has 0 aromatic rings. The van der Waals surface area contributed by atoms with E-state index in [9.17, 15) is 0 Å². The Labute approximate surface area is 176 Å². The third-order valence-electron chi connectivity index (χ3n) is 10.8. The average Bonchev–Trinajstić information content (AvgIpc) is 2.99. The van der Waals surface area contributed by atoms with E-state index in [0.29, 0.717) is 10.8 Å². The maximum absolute atomic E-state index is 4.37. The van der Waals surface area contributed by atoms with Crippen molar-refractivity contribution < 1.29 is 0 Å². The molecule has 28 heavy (non-hydrogen) atoms. The van der Waals surface area contributed by atoms with E-state index in [1.54, 1.807) is 12.0 Å². The number of hydrogen-bond acceptors (Lipinski definition) is 0. The van der Waals surface area contributed by atoms with Crippen LogP contribution in [0.5, 0.6) is 0 Å². The SMILES string of the molecule is C=C1CC[C@@]2(C)[C@@H](CC[C@@H]3[C@H]4CC[C@H]([C@H](C)CCCC(C)C)[C@]4(C)CC[C@H]32)C1. The third-order valence-corrected chi connectivity index (χ3v) is 10.8. The molecule has 0 heteroatoms. The van der Waals surface area contributed by atoms with Crippen LogP contribution in [-0.4, -0.2) is 0 Å². The van der Waals surface area contributed by atoms with Crippen LogP contribution >= 0.6 is 0 Å². The highest BCUT2D eigenvalue weighted by Crippen LogP contribution is 2.68. The second kappa shape index (κ2) is 7.77. The Morgan fingerprint density at radius 1 is 0.893 bits per heavy atom. The fourth-order valence-corrected chi connectivity index (χ4v) is 9.18. The molecule has 0 aliphatic heterocycles. The molecule has 8 atom stereocenters. The van der Waals surface area contributed by atoms with Crippen molar-refractivity contribution >= 4 is 0 Å². The Morgan fingerprint density at radius 2 is 1.64 bits per heavy atom. The van der Waals surface area contributed by atoms with Gasteiger partial charge in [0.2, 0.25) is 0 Å². The summed E-state index contributed by atoms with van der Waals surface area (Å²) in [6.07, 6.45) is 17.6. The van der Waals surface area contributed by atoms with E-state index in [4.69, 9.17) is 0 Å². The lowest BCUT2D eigenvalue weighted by Crippen LogP contribution is -2.53. The van der Waals surface area contributed by atoms with Gasteiger partial charge in [0.1, 0.15) is 0 Å². The minimum Gasteiger partial charge on any atom is -0.0999 e. The van der Waals surface area contributed by atoms with Crippen molar-refractivity contribution in [1.82, 2.24) is 0 Å². The molecule has 0 heterocycles. The topological polar surface area (TPSA) is 0 Å². The normalized spacial score (nSPS) is 46.8. The van der Waals surface area contributed by atoms with Gasteiger partial charge in [0.15, 0.2) is 0 Å². The van der Waals surface area contributed by atoms with E-state index < -0.39 is 0 Å².